The Balaban J connectivity index is 1.83. The quantitative estimate of drug-likeness (QED) is 0.553. The minimum Gasteiger partial charge on any atom is -0.494 e. The van der Waals surface area contributed by atoms with Crippen LogP contribution in [0.15, 0.2) is 48.5 Å². The van der Waals surface area contributed by atoms with Gasteiger partial charge in [0.05, 0.1) is 25.0 Å². The maximum atomic E-state index is 12.8. The average Bonchev–Trinajstić information content (AvgIpc) is 3.25. The largest absolute Gasteiger partial charge is 0.494 e. The van der Waals surface area contributed by atoms with Gasteiger partial charge in [0.1, 0.15) is 11.4 Å². The van der Waals surface area contributed by atoms with Crippen LogP contribution in [0.5, 0.6) is 5.75 Å². The SMILES string of the molecule is COc1ccccc1-n1nc2c(c1-c1ccc(Cl)cc1)CN(S(=O)(=O)CC(F)(F)F)C2. The van der Waals surface area contributed by atoms with Crippen molar-refractivity contribution in [3.8, 4) is 22.7 Å². The van der Waals surface area contributed by atoms with Crippen LogP contribution in [-0.2, 0) is 23.1 Å². The molecular weight excluding hydrogens is 455 g/mol. The van der Waals surface area contributed by atoms with E-state index >= 15 is 0 Å². The average molecular weight is 472 g/mol. The van der Waals surface area contributed by atoms with Gasteiger partial charge >= 0.3 is 6.18 Å². The first kappa shape index (κ1) is 21.7. The van der Waals surface area contributed by atoms with E-state index in [2.05, 4.69) is 5.10 Å². The molecule has 0 bridgehead atoms. The van der Waals surface area contributed by atoms with Crippen molar-refractivity contribution in [2.24, 2.45) is 0 Å². The maximum Gasteiger partial charge on any atom is 0.404 e. The highest BCUT2D eigenvalue weighted by atomic mass is 35.5. The van der Waals surface area contributed by atoms with Gasteiger partial charge in [-0.15, -0.1) is 0 Å². The minimum absolute atomic E-state index is 0.207. The van der Waals surface area contributed by atoms with Gasteiger partial charge < -0.3 is 4.74 Å². The lowest BCUT2D eigenvalue weighted by molar-refractivity contribution is -0.107. The van der Waals surface area contributed by atoms with Crippen LogP contribution in [0.1, 0.15) is 11.3 Å². The van der Waals surface area contributed by atoms with Gasteiger partial charge in [0, 0.05) is 22.7 Å². The summed E-state index contributed by atoms with van der Waals surface area (Å²) >= 11 is 6.00. The molecule has 0 saturated carbocycles. The summed E-state index contributed by atoms with van der Waals surface area (Å²) in [5.74, 6) is -1.37. The van der Waals surface area contributed by atoms with E-state index in [4.69, 9.17) is 16.3 Å². The van der Waals surface area contributed by atoms with Crippen molar-refractivity contribution in [2.75, 3.05) is 12.9 Å². The molecule has 0 radical (unpaired) electrons. The first-order valence-electron chi connectivity index (χ1n) is 9.14. The van der Waals surface area contributed by atoms with Crippen molar-refractivity contribution in [1.82, 2.24) is 14.1 Å². The third-order valence-electron chi connectivity index (χ3n) is 4.90. The van der Waals surface area contributed by atoms with Crippen LogP contribution >= 0.6 is 11.6 Å². The predicted molar refractivity (Wildman–Crippen MR) is 110 cm³/mol. The summed E-state index contributed by atoms with van der Waals surface area (Å²) in [6.07, 6.45) is -4.82. The molecule has 11 heteroatoms. The standard InChI is InChI=1S/C20H17ClF3N3O3S/c1-30-18-5-3-2-4-17(18)27-19(13-6-8-14(21)9-7-13)15-10-26(11-16(15)25-27)31(28,29)12-20(22,23)24/h2-9H,10-12H2,1H3. The molecule has 1 aromatic heterocycles. The van der Waals surface area contributed by atoms with Crippen LogP contribution in [0.4, 0.5) is 13.2 Å². The molecule has 1 aliphatic rings. The van der Waals surface area contributed by atoms with Crippen molar-refractivity contribution in [3.63, 3.8) is 0 Å². The van der Waals surface area contributed by atoms with Gasteiger partial charge in [-0.25, -0.2) is 13.1 Å². The van der Waals surface area contributed by atoms with Gasteiger partial charge in [-0.05, 0) is 24.3 Å². The first-order chi connectivity index (χ1) is 14.6. The molecule has 4 rings (SSSR count). The second-order valence-corrected chi connectivity index (χ2v) is 9.41. The molecule has 0 amide bonds. The van der Waals surface area contributed by atoms with E-state index in [1.54, 1.807) is 53.2 Å². The molecule has 0 spiro atoms. The van der Waals surface area contributed by atoms with Crippen molar-refractivity contribution >= 4 is 21.6 Å². The Bertz CT molecular complexity index is 1220. The van der Waals surface area contributed by atoms with Gasteiger partial charge in [-0.1, -0.05) is 35.9 Å². The normalized spacial score (nSPS) is 14.6. The van der Waals surface area contributed by atoms with E-state index < -0.39 is 22.0 Å². The zero-order valence-electron chi connectivity index (χ0n) is 16.2. The van der Waals surface area contributed by atoms with E-state index in [0.717, 1.165) is 4.31 Å². The Hall–Kier alpha value is -2.56. The third-order valence-corrected chi connectivity index (χ3v) is 6.89. The molecule has 0 atom stereocenters. The number of nitrogens with zero attached hydrogens (tertiary/aromatic N) is 3. The summed E-state index contributed by atoms with van der Waals surface area (Å²) in [5.41, 5.74) is 2.81. The molecule has 1 aliphatic heterocycles. The zero-order valence-corrected chi connectivity index (χ0v) is 17.8. The lowest BCUT2D eigenvalue weighted by atomic mass is 10.1. The first-order valence-corrected chi connectivity index (χ1v) is 11.1. The van der Waals surface area contributed by atoms with E-state index in [1.165, 1.54) is 7.11 Å². The number of methoxy groups -OCH3 is 1. The number of rotatable bonds is 5. The van der Waals surface area contributed by atoms with E-state index in [-0.39, 0.29) is 13.1 Å². The Morgan fingerprint density at radius 2 is 1.77 bits per heavy atom. The van der Waals surface area contributed by atoms with Crippen LogP contribution in [-0.4, -0.2) is 41.5 Å². The molecular formula is C20H17ClF3N3O3S. The maximum absolute atomic E-state index is 12.8. The third kappa shape index (κ3) is 4.28. The fraction of sp³-hybridized carbons (Fsp3) is 0.250. The highest BCUT2D eigenvalue weighted by molar-refractivity contribution is 7.89. The molecule has 0 N–H and O–H groups in total. The highest BCUT2D eigenvalue weighted by Crippen LogP contribution is 2.38. The van der Waals surface area contributed by atoms with Crippen molar-refractivity contribution in [1.29, 1.82) is 0 Å². The number of hydrogen-bond acceptors (Lipinski definition) is 4. The van der Waals surface area contributed by atoms with Crippen LogP contribution in [0, 0.1) is 0 Å². The second-order valence-electron chi connectivity index (χ2n) is 7.00. The fourth-order valence-electron chi connectivity index (χ4n) is 3.57. The summed E-state index contributed by atoms with van der Waals surface area (Å²) in [4.78, 5) is 0. The molecule has 0 unspecified atom stereocenters. The van der Waals surface area contributed by atoms with E-state index in [1.807, 2.05) is 0 Å². The van der Waals surface area contributed by atoms with Gasteiger partial charge in [-0.2, -0.15) is 22.6 Å². The van der Waals surface area contributed by atoms with E-state index in [0.29, 0.717) is 39.0 Å². The van der Waals surface area contributed by atoms with Crippen LogP contribution in [0.25, 0.3) is 16.9 Å². The number of benzene rings is 2. The molecule has 164 valence electrons. The Kier molecular flexibility index (Phi) is 5.48. The van der Waals surface area contributed by atoms with Crippen LogP contribution in [0.2, 0.25) is 5.02 Å². The molecule has 6 nitrogen and oxygen atoms in total. The number of alkyl halides is 3. The molecule has 2 aromatic carbocycles. The van der Waals surface area contributed by atoms with Crippen LogP contribution in [0.3, 0.4) is 0 Å². The highest BCUT2D eigenvalue weighted by Gasteiger charge is 2.42. The number of halogens is 4. The predicted octanol–water partition coefficient (Wildman–Crippen LogP) is 4.41. The Morgan fingerprint density at radius 3 is 2.42 bits per heavy atom. The molecule has 31 heavy (non-hydrogen) atoms. The lowest BCUT2D eigenvalue weighted by Gasteiger charge is -2.18. The molecule has 0 aliphatic carbocycles. The molecule has 3 aromatic rings. The van der Waals surface area contributed by atoms with Crippen molar-refractivity contribution in [3.05, 3.63) is 64.8 Å². The second kappa shape index (κ2) is 7.85. The summed E-state index contributed by atoms with van der Waals surface area (Å²) in [6.45, 7) is -0.447. The molecule has 2 heterocycles. The van der Waals surface area contributed by atoms with Gasteiger partial charge in [-0.3, -0.25) is 0 Å². The number of fused-ring (bicyclic) bond motifs is 1. The summed E-state index contributed by atoms with van der Waals surface area (Å²) in [5, 5.41) is 5.06. The topological polar surface area (TPSA) is 64.4 Å². The summed E-state index contributed by atoms with van der Waals surface area (Å²) in [7, 11) is -3.02. The van der Waals surface area contributed by atoms with Gasteiger partial charge in [0.15, 0.2) is 5.75 Å². The number of ether oxygens (including phenoxy) is 1. The van der Waals surface area contributed by atoms with Crippen molar-refractivity contribution < 1.29 is 26.3 Å². The summed E-state index contributed by atoms with van der Waals surface area (Å²) in [6, 6.07) is 14.0. The zero-order chi connectivity index (χ0) is 22.4. The minimum atomic E-state index is -4.82. The number of aromatic nitrogens is 2. The molecule has 0 saturated heterocycles. The lowest BCUT2D eigenvalue weighted by Crippen LogP contribution is -2.34. The van der Waals surface area contributed by atoms with Gasteiger partial charge in [0.2, 0.25) is 10.0 Å². The number of para-hydroxylation sites is 2. The smallest absolute Gasteiger partial charge is 0.404 e. The Morgan fingerprint density at radius 1 is 1.10 bits per heavy atom. The number of sulfonamides is 1. The van der Waals surface area contributed by atoms with Crippen molar-refractivity contribution in [2.45, 2.75) is 19.3 Å². The monoisotopic (exact) mass is 471 g/mol. The fourth-order valence-corrected chi connectivity index (χ4v) is 4.93. The number of hydrogen-bond donors (Lipinski definition) is 0. The Labute approximate surface area is 181 Å². The summed E-state index contributed by atoms with van der Waals surface area (Å²) < 4.78 is 70.7. The van der Waals surface area contributed by atoms with E-state index in [9.17, 15) is 21.6 Å². The molecule has 0 fully saturated rings. The van der Waals surface area contributed by atoms with Gasteiger partial charge in [0.25, 0.3) is 0 Å². The van der Waals surface area contributed by atoms with Crippen LogP contribution < -0.4 is 4.74 Å².